The number of anilines is 1. The quantitative estimate of drug-likeness (QED) is 0.786. The third kappa shape index (κ3) is 3.25. The van der Waals surface area contributed by atoms with E-state index in [1.807, 2.05) is 36.2 Å². The molecule has 0 aromatic heterocycles. The van der Waals surface area contributed by atoms with Crippen molar-refractivity contribution in [1.82, 2.24) is 9.91 Å². The Bertz CT molecular complexity index is 812. The van der Waals surface area contributed by atoms with Gasteiger partial charge in [-0.2, -0.15) is 0 Å². The molecule has 0 bridgehead atoms. The average molecular weight is 378 g/mol. The van der Waals surface area contributed by atoms with Crippen LogP contribution in [0.25, 0.3) is 0 Å². The SMILES string of the molecule is CN(C)N1C(=O)C(CCN2CCCCCC2)(c2ccccc2)c2ccccc21. The Morgan fingerprint density at radius 3 is 2.21 bits per heavy atom. The van der Waals surface area contributed by atoms with Gasteiger partial charge < -0.3 is 4.90 Å². The maximum Gasteiger partial charge on any atom is 0.256 e. The molecule has 0 aliphatic carbocycles. The van der Waals surface area contributed by atoms with Crippen LogP contribution in [-0.4, -0.2) is 49.5 Å². The number of amides is 1. The van der Waals surface area contributed by atoms with Gasteiger partial charge in [0, 0.05) is 14.1 Å². The second-order valence-corrected chi connectivity index (χ2v) is 8.26. The first-order valence-electron chi connectivity index (χ1n) is 10.5. The van der Waals surface area contributed by atoms with Crippen molar-refractivity contribution in [1.29, 1.82) is 0 Å². The van der Waals surface area contributed by atoms with E-state index < -0.39 is 5.41 Å². The number of para-hydroxylation sites is 1. The molecule has 4 nitrogen and oxygen atoms in total. The Labute approximate surface area is 168 Å². The third-order valence-electron chi connectivity index (χ3n) is 6.32. The molecule has 4 rings (SSSR count). The molecule has 1 atom stereocenters. The monoisotopic (exact) mass is 377 g/mol. The predicted octanol–water partition coefficient (Wildman–Crippen LogP) is 4.06. The normalized spacial score (nSPS) is 23.1. The van der Waals surface area contributed by atoms with Gasteiger partial charge in [-0.15, -0.1) is 0 Å². The fourth-order valence-electron chi connectivity index (χ4n) is 4.89. The van der Waals surface area contributed by atoms with Gasteiger partial charge in [0.25, 0.3) is 5.91 Å². The minimum absolute atomic E-state index is 0.166. The van der Waals surface area contributed by atoms with Gasteiger partial charge in [0.2, 0.25) is 0 Å². The van der Waals surface area contributed by atoms with E-state index in [2.05, 4.69) is 47.4 Å². The number of rotatable bonds is 5. The van der Waals surface area contributed by atoms with Gasteiger partial charge in [0.05, 0.1) is 5.69 Å². The van der Waals surface area contributed by atoms with Crippen molar-refractivity contribution in [3.63, 3.8) is 0 Å². The van der Waals surface area contributed by atoms with Crippen LogP contribution < -0.4 is 5.01 Å². The van der Waals surface area contributed by atoms with Crippen LogP contribution in [0.15, 0.2) is 54.6 Å². The lowest BCUT2D eigenvalue weighted by atomic mass is 9.72. The molecule has 2 heterocycles. The first-order valence-corrected chi connectivity index (χ1v) is 10.5. The first kappa shape index (κ1) is 19.2. The van der Waals surface area contributed by atoms with Crippen molar-refractivity contribution in [3.05, 3.63) is 65.7 Å². The molecule has 0 saturated carbocycles. The summed E-state index contributed by atoms with van der Waals surface area (Å²) in [6.45, 7) is 3.26. The molecule has 4 heteroatoms. The zero-order valence-corrected chi connectivity index (χ0v) is 17.1. The summed E-state index contributed by atoms with van der Waals surface area (Å²) >= 11 is 0. The van der Waals surface area contributed by atoms with E-state index in [4.69, 9.17) is 0 Å². The van der Waals surface area contributed by atoms with Crippen molar-refractivity contribution in [2.45, 2.75) is 37.5 Å². The summed E-state index contributed by atoms with van der Waals surface area (Å²) in [6, 6.07) is 18.7. The number of carbonyl (C=O) groups excluding carboxylic acids is 1. The third-order valence-corrected chi connectivity index (χ3v) is 6.32. The smallest absolute Gasteiger partial charge is 0.256 e. The lowest BCUT2D eigenvalue weighted by Gasteiger charge is -2.33. The Balaban J connectivity index is 1.77. The number of benzene rings is 2. The van der Waals surface area contributed by atoms with Gasteiger partial charge in [0.1, 0.15) is 5.41 Å². The number of hydrogen-bond acceptors (Lipinski definition) is 3. The van der Waals surface area contributed by atoms with Gasteiger partial charge in [-0.05, 0) is 56.1 Å². The van der Waals surface area contributed by atoms with Crippen LogP contribution in [0.3, 0.4) is 0 Å². The fraction of sp³-hybridized carbons (Fsp3) is 0.458. The summed E-state index contributed by atoms with van der Waals surface area (Å²) in [5, 5.41) is 3.77. The molecule has 2 aliphatic rings. The molecule has 2 aliphatic heterocycles. The lowest BCUT2D eigenvalue weighted by Crippen LogP contribution is -2.48. The Kier molecular flexibility index (Phi) is 5.51. The highest BCUT2D eigenvalue weighted by Gasteiger charge is 2.52. The fourth-order valence-corrected chi connectivity index (χ4v) is 4.89. The summed E-state index contributed by atoms with van der Waals surface area (Å²) < 4.78 is 0. The maximum atomic E-state index is 13.9. The molecule has 148 valence electrons. The van der Waals surface area contributed by atoms with Crippen molar-refractivity contribution < 1.29 is 4.79 Å². The maximum absolute atomic E-state index is 13.9. The number of fused-ring (bicyclic) bond motifs is 1. The van der Waals surface area contributed by atoms with Crippen LogP contribution in [0.4, 0.5) is 5.69 Å². The summed E-state index contributed by atoms with van der Waals surface area (Å²) in [5.74, 6) is 0.166. The number of carbonyl (C=O) groups is 1. The second kappa shape index (κ2) is 8.06. The van der Waals surface area contributed by atoms with Crippen LogP contribution in [-0.2, 0) is 10.2 Å². The average Bonchev–Trinajstić information content (AvgIpc) is 2.85. The topological polar surface area (TPSA) is 26.8 Å². The van der Waals surface area contributed by atoms with Crippen LogP contribution in [0, 0.1) is 0 Å². The molecule has 0 radical (unpaired) electrons. The highest BCUT2D eigenvalue weighted by molar-refractivity contribution is 6.09. The summed E-state index contributed by atoms with van der Waals surface area (Å²) in [6.07, 6.45) is 6.02. The van der Waals surface area contributed by atoms with Crippen LogP contribution in [0.5, 0.6) is 0 Å². The molecular formula is C24H31N3O. The molecule has 1 fully saturated rings. The number of likely N-dealkylation sites (tertiary alicyclic amines) is 1. The summed E-state index contributed by atoms with van der Waals surface area (Å²) in [4.78, 5) is 16.5. The molecule has 2 aromatic carbocycles. The largest absolute Gasteiger partial charge is 0.303 e. The minimum Gasteiger partial charge on any atom is -0.303 e. The van der Waals surface area contributed by atoms with Crippen molar-refractivity contribution in [2.24, 2.45) is 0 Å². The summed E-state index contributed by atoms with van der Waals surface area (Å²) in [5.41, 5.74) is 2.63. The Morgan fingerprint density at radius 2 is 1.54 bits per heavy atom. The van der Waals surface area contributed by atoms with Gasteiger partial charge in [0.15, 0.2) is 0 Å². The van der Waals surface area contributed by atoms with E-state index >= 15 is 0 Å². The minimum atomic E-state index is -0.617. The Hall–Kier alpha value is -2.17. The molecule has 0 N–H and O–H groups in total. The van der Waals surface area contributed by atoms with Crippen molar-refractivity contribution in [2.75, 3.05) is 38.7 Å². The van der Waals surface area contributed by atoms with E-state index in [0.717, 1.165) is 42.9 Å². The molecule has 2 aromatic rings. The lowest BCUT2D eigenvalue weighted by molar-refractivity contribution is -0.124. The van der Waals surface area contributed by atoms with Crippen LogP contribution in [0.2, 0.25) is 0 Å². The van der Waals surface area contributed by atoms with Crippen LogP contribution in [0.1, 0.15) is 43.2 Å². The van der Waals surface area contributed by atoms with E-state index in [0.29, 0.717) is 0 Å². The van der Waals surface area contributed by atoms with E-state index in [1.165, 1.54) is 25.7 Å². The Morgan fingerprint density at radius 1 is 0.893 bits per heavy atom. The number of hydrogen-bond donors (Lipinski definition) is 0. The summed E-state index contributed by atoms with van der Waals surface area (Å²) in [7, 11) is 3.90. The first-order chi connectivity index (χ1) is 13.6. The molecule has 1 unspecified atom stereocenters. The molecular weight excluding hydrogens is 346 g/mol. The van der Waals surface area contributed by atoms with Gasteiger partial charge in [-0.3, -0.25) is 4.79 Å². The van der Waals surface area contributed by atoms with E-state index in [1.54, 1.807) is 0 Å². The van der Waals surface area contributed by atoms with Crippen molar-refractivity contribution >= 4 is 11.6 Å². The van der Waals surface area contributed by atoms with E-state index in [-0.39, 0.29) is 5.91 Å². The molecule has 28 heavy (non-hydrogen) atoms. The number of nitrogens with zero attached hydrogens (tertiary/aromatic N) is 3. The predicted molar refractivity (Wildman–Crippen MR) is 114 cm³/mol. The second-order valence-electron chi connectivity index (χ2n) is 8.26. The standard InChI is InChI=1S/C24H31N3O/c1-25(2)27-22-15-9-8-14-21(22)24(23(27)28,20-12-6-5-7-13-20)16-19-26-17-10-3-4-11-18-26/h5-9,12-15H,3-4,10-11,16-19H2,1-2H3. The van der Waals surface area contributed by atoms with Crippen molar-refractivity contribution in [3.8, 4) is 0 Å². The highest BCUT2D eigenvalue weighted by atomic mass is 16.2. The van der Waals surface area contributed by atoms with Gasteiger partial charge in [-0.1, -0.05) is 61.4 Å². The number of hydrazine groups is 1. The van der Waals surface area contributed by atoms with E-state index in [9.17, 15) is 4.79 Å². The van der Waals surface area contributed by atoms with Gasteiger partial charge in [-0.25, -0.2) is 10.0 Å². The highest BCUT2D eigenvalue weighted by Crippen LogP contribution is 2.48. The molecule has 1 amide bonds. The molecule has 1 saturated heterocycles. The molecule has 0 spiro atoms. The zero-order valence-electron chi connectivity index (χ0n) is 17.1. The zero-order chi connectivity index (χ0) is 19.6. The van der Waals surface area contributed by atoms with Gasteiger partial charge >= 0.3 is 0 Å². The van der Waals surface area contributed by atoms with Crippen LogP contribution >= 0.6 is 0 Å².